The molecule has 3 aromatic carbocycles. The van der Waals surface area contributed by atoms with Crippen molar-refractivity contribution in [3.8, 4) is 11.5 Å². The minimum absolute atomic E-state index is 0. The predicted molar refractivity (Wildman–Crippen MR) is 142 cm³/mol. The van der Waals surface area contributed by atoms with Crippen LogP contribution < -0.4 is 20.1 Å². The summed E-state index contributed by atoms with van der Waals surface area (Å²) in [5.41, 5.74) is 2.86. The van der Waals surface area contributed by atoms with E-state index in [1.54, 1.807) is 12.1 Å². The molecule has 0 fully saturated rings. The highest BCUT2D eigenvalue weighted by Crippen LogP contribution is 2.37. The van der Waals surface area contributed by atoms with Gasteiger partial charge in [0.25, 0.3) is 5.69 Å². The van der Waals surface area contributed by atoms with E-state index in [2.05, 4.69) is 26.6 Å². The fourth-order valence-corrected chi connectivity index (χ4v) is 3.91. The van der Waals surface area contributed by atoms with Gasteiger partial charge >= 0.3 is 0 Å². The average molecular weight is 571 g/mol. The Morgan fingerprint density at radius 3 is 2.47 bits per heavy atom. The molecule has 10 heteroatoms. The van der Waals surface area contributed by atoms with E-state index in [1.165, 1.54) is 12.1 Å². The molecular formula is C24H26BrCl2N3O4. The van der Waals surface area contributed by atoms with Gasteiger partial charge in [0.15, 0.2) is 11.5 Å². The molecule has 0 bridgehead atoms. The van der Waals surface area contributed by atoms with Crippen molar-refractivity contribution in [1.82, 2.24) is 5.32 Å². The summed E-state index contributed by atoms with van der Waals surface area (Å²) in [5, 5.41) is 18.0. The SMILES string of the molecule is CCOc1cc(CNCCNc2ccc([N+](=O)[O-])cc2)cc(Br)c1OCc1ccccc1Cl.Cl. The number of nitro benzene ring substituents is 1. The normalized spacial score (nSPS) is 10.3. The van der Waals surface area contributed by atoms with E-state index in [0.717, 1.165) is 21.3 Å². The van der Waals surface area contributed by atoms with Crippen LogP contribution in [0.2, 0.25) is 5.02 Å². The molecule has 3 aromatic rings. The van der Waals surface area contributed by atoms with Crippen LogP contribution in [-0.4, -0.2) is 24.6 Å². The first-order valence-electron chi connectivity index (χ1n) is 10.5. The van der Waals surface area contributed by atoms with E-state index < -0.39 is 4.92 Å². The molecule has 0 saturated carbocycles. The van der Waals surface area contributed by atoms with Crippen LogP contribution in [0, 0.1) is 10.1 Å². The van der Waals surface area contributed by atoms with E-state index in [-0.39, 0.29) is 18.1 Å². The van der Waals surface area contributed by atoms with Crippen molar-refractivity contribution in [2.45, 2.75) is 20.1 Å². The van der Waals surface area contributed by atoms with Gasteiger partial charge in [0, 0.05) is 48.0 Å². The Bertz CT molecular complexity index is 1080. The van der Waals surface area contributed by atoms with Crippen LogP contribution in [0.5, 0.6) is 11.5 Å². The first-order valence-corrected chi connectivity index (χ1v) is 11.7. The Kier molecular flexibility index (Phi) is 11.4. The third-order valence-corrected chi connectivity index (χ3v) is 5.69. The molecule has 7 nitrogen and oxygen atoms in total. The number of ether oxygens (including phenoxy) is 2. The quantitative estimate of drug-likeness (QED) is 0.145. The first-order chi connectivity index (χ1) is 16.0. The summed E-state index contributed by atoms with van der Waals surface area (Å²) in [6, 6.07) is 17.9. The summed E-state index contributed by atoms with van der Waals surface area (Å²) in [5.74, 6) is 1.31. The molecule has 182 valence electrons. The summed E-state index contributed by atoms with van der Waals surface area (Å²) in [7, 11) is 0. The van der Waals surface area contributed by atoms with Crippen molar-refractivity contribution < 1.29 is 14.4 Å². The Hall–Kier alpha value is -2.52. The first kappa shape index (κ1) is 27.7. The summed E-state index contributed by atoms with van der Waals surface area (Å²) >= 11 is 9.84. The van der Waals surface area contributed by atoms with Gasteiger partial charge in [-0.3, -0.25) is 10.1 Å². The summed E-state index contributed by atoms with van der Waals surface area (Å²) in [6.45, 7) is 4.82. The molecule has 0 aliphatic carbocycles. The monoisotopic (exact) mass is 569 g/mol. The van der Waals surface area contributed by atoms with Gasteiger partial charge in [-0.2, -0.15) is 0 Å². The molecule has 0 atom stereocenters. The molecule has 0 aliphatic rings. The number of halogens is 3. The summed E-state index contributed by atoms with van der Waals surface area (Å²) in [6.07, 6.45) is 0. The molecule has 3 rings (SSSR count). The lowest BCUT2D eigenvalue weighted by atomic mass is 10.2. The molecular weight excluding hydrogens is 545 g/mol. The molecule has 0 saturated heterocycles. The standard InChI is InChI=1S/C24H25BrClN3O4.ClH/c1-2-32-23-14-17(13-21(25)24(23)33-16-18-5-3-4-6-22(18)26)15-27-11-12-28-19-7-9-20(10-8-19)29(30)31;/h3-10,13-14,27-28H,2,11-12,15-16H2,1H3;1H. The zero-order valence-corrected chi connectivity index (χ0v) is 21.7. The van der Waals surface area contributed by atoms with E-state index in [1.807, 2.05) is 43.3 Å². The van der Waals surface area contributed by atoms with Gasteiger partial charge in [0.2, 0.25) is 0 Å². The predicted octanol–water partition coefficient (Wildman–Crippen LogP) is 6.61. The number of nitrogens with zero attached hydrogens (tertiary/aromatic N) is 1. The van der Waals surface area contributed by atoms with Crippen molar-refractivity contribution in [1.29, 1.82) is 0 Å². The van der Waals surface area contributed by atoms with Crippen LogP contribution in [0.4, 0.5) is 11.4 Å². The number of non-ortho nitro benzene ring substituents is 1. The molecule has 0 unspecified atom stereocenters. The third kappa shape index (κ3) is 8.06. The number of nitrogens with one attached hydrogen (secondary N) is 2. The Labute approximate surface area is 218 Å². The van der Waals surface area contributed by atoms with Gasteiger partial charge in [-0.15, -0.1) is 12.4 Å². The lowest BCUT2D eigenvalue weighted by Gasteiger charge is -2.16. The maximum atomic E-state index is 10.7. The average Bonchev–Trinajstić information content (AvgIpc) is 2.80. The number of hydrogen-bond acceptors (Lipinski definition) is 6. The minimum Gasteiger partial charge on any atom is -0.490 e. The van der Waals surface area contributed by atoms with Crippen LogP contribution >= 0.6 is 39.9 Å². The van der Waals surface area contributed by atoms with Crippen molar-refractivity contribution in [2.75, 3.05) is 25.0 Å². The third-order valence-electron chi connectivity index (χ3n) is 4.74. The second-order valence-corrected chi connectivity index (χ2v) is 8.39. The molecule has 0 amide bonds. The molecule has 0 radical (unpaired) electrons. The van der Waals surface area contributed by atoms with Gasteiger partial charge in [-0.25, -0.2) is 0 Å². The van der Waals surface area contributed by atoms with Gasteiger partial charge < -0.3 is 20.1 Å². The molecule has 0 heterocycles. The molecule has 34 heavy (non-hydrogen) atoms. The largest absolute Gasteiger partial charge is 0.490 e. The van der Waals surface area contributed by atoms with Crippen LogP contribution in [0.25, 0.3) is 0 Å². The lowest BCUT2D eigenvalue weighted by molar-refractivity contribution is -0.384. The smallest absolute Gasteiger partial charge is 0.269 e. The lowest BCUT2D eigenvalue weighted by Crippen LogP contribution is -2.21. The van der Waals surface area contributed by atoms with E-state index in [0.29, 0.717) is 49.4 Å². The van der Waals surface area contributed by atoms with Gasteiger partial charge in [0.1, 0.15) is 6.61 Å². The van der Waals surface area contributed by atoms with Gasteiger partial charge in [0.05, 0.1) is 16.0 Å². The number of nitro groups is 1. The number of rotatable bonds is 12. The summed E-state index contributed by atoms with van der Waals surface area (Å²) < 4.78 is 12.6. The highest BCUT2D eigenvalue weighted by molar-refractivity contribution is 9.10. The number of anilines is 1. The molecule has 2 N–H and O–H groups in total. The second kappa shape index (κ2) is 14.0. The van der Waals surface area contributed by atoms with Crippen LogP contribution in [0.3, 0.4) is 0 Å². The summed E-state index contributed by atoms with van der Waals surface area (Å²) in [4.78, 5) is 10.3. The Morgan fingerprint density at radius 2 is 1.79 bits per heavy atom. The number of hydrogen-bond donors (Lipinski definition) is 2. The number of benzene rings is 3. The van der Waals surface area contributed by atoms with Crippen molar-refractivity contribution in [2.24, 2.45) is 0 Å². The zero-order chi connectivity index (χ0) is 23.6. The second-order valence-electron chi connectivity index (χ2n) is 7.13. The molecule has 0 spiro atoms. The van der Waals surface area contributed by atoms with E-state index in [9.17, 15) is 10.1 Å². The molecule has 0 aromatic heterocycles. The van der Waals surface area contributed by atoms with Crippen molar-refractivity contribution in [3.05, 3.63) is 91.4 Å². The molecule has 0 aliphatic heterocycles. The Balaban J connectivity index is 0.00000408. The highest BCUT2D eigenvalue weighted by atomic mass is 79.9. The Morgan fingerprint density at radius 1 is 1.06 bits per heavy atom. The maximum absolute atomic E-state index is 10.7. The van der Waals surface area contributed by atoms with Gasteiger partial charge in [-0.1, -0.05) is 29.8 Å². The van der Waals surface area contributed by atoms with E-state index >= 15 is 0 Å². The van der Waals surface area contributed by atoms with Crippen LogP contribution in [-0.2, 0) is 13.2 Å². The zero-order valence-electron chi connectivity index (χ0n) is 18.6. The minimum atomic E-state index is -0.410. The fraction of sp³-hybridized carbons (Fsp3) is 0.250. The van der Waals surface area contributed by atoms with Crippen molar-refractivity contribution in [3.63, 3.8) is 0 Å². The van der Waals surface area contributed by atoms with Crippen molar-refractivity contribution >= 4 is 51.3 Å². The highest BCUT2D eigenvalue weighted by Gasteiger charge is 2.13. The van der Waals surface area contributed by atoms with E-state index in [4.69, 9.17) is 21.1 Å². The van der Waals surface area contributed by atoms with Crippen LogP contribution in [0.1, 0.15) is 18.1 Å². The maximum Gasteiger partial charge on any atom is 0.269 e. The fourth-order valence-electron chi connectivity index (χ4n) is 3.12. The van der Waals surface area contributed by atoms with Crippen LogP contribution in [0.15, 0.2) is 65.1 Å². The van der Waals surface area contributed by atoms with Gasteiger partial charge in [-0.05, 0) is 58.7 Å². The topological polar surface area (TPSA) is 85.7 Å².